The van der Waals surface area contributed by atoms with Gasteiger partial charge in [-0.3, -0.25) is 0 Å². The Morgan fingerprint density at radius 2 is 2.00 bits per heavy atom. The normalized spacial score (nSPS) is 25.1. The fourth-order valence-electron chi connectivity index (χ4n) is 1.62. The van der Waals surface area contributed by atoms with E-state index in [0.717, 1.165) is 6.42 Å². The molecule has 0 aromatic heterocycles. The van der Waals surface area contributed by atoms with E-state index in [1.54, 1.807) is 0 Å². The van der Waals surface area contributed by atoms with E-state index < -0.39 is 0 Å². The summed E-state index contributed by atoms with van der Waals surface area (Å²) in [5.74, 6) is 0. The van der Waals surface area contributed by atoms with E-state index in [1.807, 2.05) is 24.3 Å². The highest BCUT2D eigenvalue weighted by molar-refractivity contribution is 9.10. The molecule has 0 heterocycles. The zero-order chi connectivity index (χ0) is 10.7. The second-order valence-electron chi connectivity index (χ2n) is 3.76. The minimum absolute atomic E-state index is 0.127. The number of hydrogen-bond acceptors (Lipinski definition) is 1. The average Bonchev–Trinajstić information content (AvgIpc) is 2.31. The van der Waals surface area contributed by atoms with Gasteiger partial charge in [0.25, 0.3) is 0 Å². The minimum atomic E-state index is -0.259. The third kappa shape index (κ3) is 2.39. The van der Waals surface area contributed by atoms with E-state index in [2.05, 4.69) is 40.2 Å². The molecule has 1 aliphatic rings. The number of halogens is 1. The van der Waals surface area contributed by atoms with Crippen molar-refractivity contribution in [2.75, 3.05) is 6.61 Å². The van der Waals surface area contributed by atoms with Crippen molar-refractivity contribution in [1.29, 1.82) is 0 Å². The van der Waals surface area contributed by atoms with Crippen LogP contribution in [0.3, 0.4) is 0 Å². The first-order valence-corrected chi connectivity index (χ1v) is 5.77. The molecule has 0 aliphatic heterocycles. The van der Waals surface area contributed by atoms with E-state index in [0.29, 0.717) is 0 Å². The molecule has 0 spiro atoms. The van der Waals surface area contributed by atoms with Crippen molar-refractivity contribution in [3.63, 3.8) is 0 Å². The molecule has 15 heavy (non-hydrogen) atoms. The van der Waals surface area contributed by atoms with Gasteiger partial charge in [0.05, 0.1) is 10.9 Å². The van der Waals surface area contributed by atoms with Crippen LogP contribution in [0.5, 0.6) is 0 Å². The summed E-state index contributed by atoms with van der Waals surface area (Å²) < 4.78 is -0.259. The van der Waals surface area contributed by atoms with E-state index >= 15 is 0 Å². The van der Waals surface area contributed by atoms with Gasteiger partial charge in [-0.2, -0.15) is 0 Å². The SMILES string of the molecule is OCC1(Br)C=CC(c2ccccc2)=CC1. The van der Waals surface area contributed by atoms with Crippen LogP contribution in [-0.4, -0.2) is 16.0 Å². The van der Waals surface area contributed by atoms with Crippen molar-refractivity contribution in [2.45, 2.75) is 10.7 Å². The average molecular weight is 265 g/mol. The van der Waals surface area contributed by atoms with Crippen LogP contribution in [-0.2, 0) is 0 Å². The molecule has 0 fully saturated rings. The predicted octanol–water partition coefficient (Wildman–Crippen LogP) is 3.16. The van der Waals surface area contributed by atoms with Crippen LogP contribution in [0.4, 0.5) is 0 Å². The summed E-state index contributed by atoms with van der Waals surface area (Å²) in [6.45, 7) is 0.127. The van der Waals surface area contributed by atoms with Gasteiger partial charge in [0.1, 0.15) is 0 Å². The minimum Gasteiger partial charge on any atom is -0.395 e. The topological polar surface area (TPSA) is 20.2 Å². The highest BCUT2D eigenvalue weighted by atomic mass is 79.9. The van der Waals surface area contributed by atoms with Gasteiger partial charge < -0.3 is 5.11 Å². The molecule has 2 rings (SSSR count). The van der Waals surface area contributed by atoms with Gasteiger partial charge in [-0.25, -0.2) is 0 Å². The fraction of sp³-hybridized carbons (Fsp3) is 0.231. The zero-order valence-corrected chi connectivity index (χ0v) is 9.94. The Kier molecular flexibility index (Phi) is 3.08. The lowest BCUT2D eigenvalue weighted by Gasteiger charge is -2.23. The largest absolute Gasteiger partial charge is 0.395 e. The fourth-order valence-corrected chi connectivity index (χ4v) is 1.91. The third-order valence-corrected chi connectivity index (χ3v) is 3.43. The molecule has 1 N–H and O–H groups in total. The number of allylic oxidation sites excluding steroid dienone is 3. The smallest absolute Gasteiger partial charge is 0.0705 e. The van der Waals surface area contributed by atoms with Gasteiger partial charge in [0.15, 0.2) is 0 Å². The number of aliphatic hydroxyl groups is 1. The monoisotopic (exact) mass is 264 g/mol. The Hall–Kier alpha value is -0.860. The van der Waals surface area contributed by atoms with E-state index in [4.69, 9.17) is 0 Å². The second kappa shape index (κ2) is 4.33. The molecule has 0 saturated heterocycles. The Bertz CT molecular complexity index is 394. The number of rotatable bonds is 2. The molecule has 0 saturated carbocycles. The number of benzene rings is 1. The number of hydrogen-bond donors (Lipinski definition) is 1. The summed E-state index contributed by atoms with van der Waals surface area (Å²) in [6, 6.07) is 10.3. The Morgan fingerprint density at radius 3 is 2.53 bits per heavy atom. The maximum Gasteiger partial charge on any atom is 0.0705 e. The molecule has 1 atom stereocenters. The van der Waals surface area contributed by atoms with Crippen molar-refractivity contribution in [3.8, 4) is 0 Å². The van der Waals surface area contributed by atoms with Gasteiger partial charge in [-0.15, -0.1) is 0 Å². The Balaban J connectivity index is 2.20. The maximum atomic E-state index is 9.18. The van der Waals surface area contributed by atoms with Crippen molar-refractivity contribution >= 4 is 21.5 Å². The van der Waals surface area contributed by atoms with Gasteiger partial charge >= 0.3 is 0 Å². The molecule has 1 aliphatic carbocycles. The Labute approximate surface area is 98.3 Å². The highest BCUT2D eigenvalue weighted by Crippen LogP contribution is 2.32. The summed E-state index contributed by atoms with van der Waals surface area (Å²) in [4.78, 5) is 0. The van der Waals surface area contributed by atoms with Gasteiger partial charge in [-0.1, -0.05) is 64.5 Å². The van der Waals surface area contributed by atoms with Crippen LogP contribution in [0.25, 0.3) is 5.57 Å². The quantitative estimate of drug-likeness (QED) is 0.814. The summed E-state index contributed by atoms with van der Waals surface area (Å²) in [7, 11) is 0. The van der Waals surface area contributed by atoms with Crippen LogP contribution in [0, 0.1) is 0 Å². The molecule has 0 amide bonds. The van der Waals surface area contributed by atoms with Crippen LogP contribution in [0.1, 0.15) is 12.0 Å². The molecule has 1 aromatic carbocycles. The lowest BCUT2D eigenvalue weighted by molar-refractivity contribution is 0.272. The highest BCUT2D eigenvalue weighted by Gasteiger charge is 2.23. The van der Waals surface area contributed by atoms with Crippen LogP contribution in [0.2, 0.25) is 0 Å². The van der Waals surface area contributed by atoms with Gasteiger partial charge in [-0.05, 0) is 17.6 Å². The van der Waals surface area contributed by atoms with E-state index in [1.165, 1.54) is 11.1 Å². The number of alkyl halides is 1. The first kappa shape index (κ1) is 10.7. The van der Waals surface area contributed by atoms with Crippen molar-refractivity contribution < 1.29 is 5.11 Å². The standard InChI is InChI=1S/C13H13BrO/c14-13(10-15)8-6-12(7-9-13)11-4-2-1-3-5-11/h1-8,15H,9-10H2. The summed E-state index contributed by atoms with van der Waals surface area (Å²) >= 11 is 3.51. The van der Waals surface area contributed by atoms with Crippen LogP contribution >= 0.6 is 15.9 Å². The van der Waals surface area contributed by atoms with Crippen LogP contribution in [0.15, 0.2) is 48.6 Å². The predicted molar refractivity (Wildman–Crippen MR) is 66.9 cm³/mol. The summed E-state index contributed by atoms with van der Waals surface area (Å²) in [5.41, 5.74) is 2.44. The van der Waals surface area contributed by atoms with E-state index in [-0.39, 0.29) is 10.9 Å². The first-order valence-electron chi connectivity index (χ1n) is 4.98. The number of aliphatic hydroxyl groups excluding tert-OH is 1. The molecule has 2 heteroatoms. The zero-order valence-electron chi connectivity index (χ0n) is 8.36. The molecule has 1 aromatic rings. The van der Waals surface area contributed by atoms with Crippen molar-refractivity contribution in [2.24, 2.45) is 0 Å². The first-order chi connectivity index (χ1) is 7.23. The molecule has 0 bridgehead atoms. The van der Waals surface area contributed by atoms with Crippen LogP contribution < -0.4 is 0 Å². The molecular formula is C13H13BrO. The molecule has 1 unspecified atom stereocenters. The third-order valence-electron chi connectivity index (χ3n) is 2.59. The Morgan fingerprint density at radius 1 is 1.27 bits per heavy atom. The molecular weight excluding hydrogens is 252 g/mol. The molecule has 1 nitrogen and oxygen atoms in total. The van der Waals surface area contributed by atoms with Gasteiger partial charge in [0, 0.05) is 0 Å². The van der Waals surface area contributed by atoms with Crippen molar-refractivity contribution in [3.05, 3.63) is 54.1 Å². The summed E-state index contributed by atoms with van der Waals surface area (Å²) in [5, 5.41) is 9.18. The van der Waals surface area contributed by atoms with E-state index in [9.17, 15) is 5.11 Å². The maximum absolute atomic E-state index is 9.18. The lowest BCUT2D eigenvalue weighted by atomic mass is 9.93. The lowest BCUT2D eigenvalue weighted by Crippen LogP contribution is -2.23. The second-order valence-corrected chi connectivity index (χ2v) is 5.33. The molecule has 0 radical (unpaired) electrons. The van der Waals surface area contributed by atoms with Crippen molar-refractivity contribution in [1.82, 2.24) is 0 Å². The summed E-state index contributed by atoms with van der Waals surface area (Å²) in [6.07, 6.45) is 7.06. The molecule has 78 valence electrons. The van der Waals surface area contributed by atoms with Gasteiger partial charge in [0.2, 0.25) is 0 Å².